The van der Waals surface area contributed by atoms with Crippen LogP contribution in [0.25, 0.3) is 21.2 Å². The van der Waals surface area contributed by atoms with E-state index in [4.69, 9.17) is 21.1 Å². The van der Waals surface area contributed by atoms with Gasteiger partial charge in [-0.2, -0.15) is 0 Å². The number of fused-ring (bicyclic) bond motifs is 1. The first-order chi connectivity index (χ1) is 22.8. The monoisotopic (exact) mass is 689 g/mol. The summed E-state index contributed by atoms with van der Waals surface area (Å²) < 4.78 is 12.4. The molecule has 48 heavy (non-hydrogen) atoms. The lowest BCUT2D eigenvalue weighted by molar-refractivity contribution is 0.0144. The molecular formula is C38H44ClN3O5S. The molecule has 8 nitrogen and oxygen atoms in total. The molecule has 0 aliphatic heterocycles. The molecule has 1 saturated carbocycles. The normalized spacial score (nSPS) is 16.3. The summed E-state index contributed by atoms with van der Waals surface area (Å²) in [7, 11) is 6.89. The van der Waals surface area contributed by atoms with Gasteiger partial charge in [0.1, 0.15) is 16.2 Å². The predicted octanol–water partition coefficient (Wildman–Crippen LogP) is 8.75. The van der Waals surface area contributed by atoms with Crippen molar-refractivity contribution in [1.82, 2.24) is 14.7 Å². The zero-order chi connectivity index (χ0) is 34.7. The summed E-state index contributed by atoms with van der Waals surface area (Å²) in [5.74, 6) is 0.499. The van der Waals surface area contributed by atoms with Crippen LogP contribution in [0.5, 0.6) is 5.75 Å². The third-order valence-corrected chi connectivity index (χ3v) is 10.5. The Hall–Kier alpha value is -4.08. The summed E-state index contributed by atoms with van der Waals surface area (Å²) in [5.41, 5.74) is 2.80. The first-order valence-corrected chi connectivity index (χ1v) is 17.4. The van der Waals surface area contributed by atoms with Crippen molar-refractivity contribution >= 4 is 50.9 Å². The Morgan fingerprint density at radius 2 is 1.48 bits per heavy atom. The maximum atomic E-state index is 14.5. The SMILES string of the molecule is COc1ccc(-c2ccc(C(=O)N(C)C)cc2)cc1CN(C(=O)c1sc2ccccc2c1Cl)[C@H]1CC[C@H](N(C)C(=O)OC(C)(C)C)CC1. The van der Waals surface area contributed by atoms with E-state index >= 15 is 0 Å². The lowest BCUT2D eigenvalue weighted by Crippen LogP contribution is -2.47. The lowest BCUT2D eigenvalue weighted by Gasteiger charge is -2.40. The van der Waals surface area contributed by atoms with Crippen LogP contribution in [0.3, 0.4) is 0 Å². The molecule has 0 bridgehead atoms. The predicted molar refractivity (Wildman–Crippen MR) is 193 cm³/mol. The Morgan fingerprint density at radius 3 is 2.08 bits per heavy atom. The van der Waals surface area contributed by atoms with Crippen LogP contribution < -0.4 is 4.74 Å². The average molecular weight is 690 g/mol. The van der Waals surface area contributed by atoms with Gasteiger partial charge < -0.3 is 24.2 Å². The van der Waals surface area contributed by atoms with Crippen molar-refractivity contribution in [3.63, 3.8) is 0 Å². The van der Waals surface area contributed by atoms with Crippen molar-refractivity contribution in [2.45, 2.75) is 70.7 Å². The first kappa shape index (κ1) is 35.2. The third-order valence-electron chi connectivity index (χ3n) is 8.82. The van der Waals surface area contributed by atoms with E-state index in [-0.39, 0.29) is 30.0 Å². The first-order valence-electron chi connectivity index (χ1n) is 16.2. The number of rotatable bonds is 8. The second-order valence-corrected chi connectivity index (χ2v) is 15.0. The number of carbonyl (C=O) groups is 3. The number of methoxy groups -OCH3 is 1. The van der Waals surface area contributed by atoms with E-state index in [0.29, 0.717) is 27.8 Å². The van der Waals surface area contributed by atoms with Crippen LogP contribution in [0, 0.1) is 0 Å². The van der Waals surface area contributed by atoms with Gasteiger partial charge >= 0.3 is 6.09 Å². The fourth-order valence-corrected chi connectivity index (χ4v) is 7.69. The standard InChI is InChI=1S/C38H44ClN3O5S/c1-38(2,3)47-37(45)41(6)28-17-19-29(20-18-28)42(36(44)34-33(39)30-10-8-9-11-32(30)48-34)23-27-22-26(16-21-31(27)46-7)24-12-14-25(15-13-24)35(43)40(4)5/h8-16,21-22,28-29H,17-20,23H2,1-7H3/t28-,29-. The molecule has 1 fully saturated rings. The van der Waals surface area contributed by atoms with E-state index < -0.39 is 5.60 Å². The highest BCUT2D eigenvalue weighted by Crippen LogP contribution is 2.39. The summed E-state index contributed by atoms with van der Waals surface area (Å²) in [6.45, 7) is 5.91. The second kappa shape index (κ2) is 14.6. The van der Waals surface area contributed by atoms with Crippen LogP contribution in [0.2, 0.25) is 5.02 Å². The highest BCUT2D eigenvalue weighted by Gasteiger charge is 2.35. The molecule has 1 aromatic heterocycles. The van der Waals surface area contributed by atoms with Crippen molar-refractivity contribution in [2.24, 2.45) is 0 Å². The Bertz CT molecular complexity index is 1790. The van der Waals surface area contributed by atoms with Crippen LogP contribution in [0.1, 0.15) is 72.0 Å². The van der Waals surface area contributed by atoms with Crippen LogP contribution in [0.15, 0.2) is 66.7 Å². The minimum absolute atomic E-state index is 0.0150. The van der Waals surface area contributed by atoms with Gasteiger partial charge in [0.05, 0.1) is 12.1 Å². The van der Waals surface area contributed by atoms with E-state index in [1.54, 1.807) is 38.1 Å². The molecule has 0 spiro atoms. The zero-order valence-corrected chi connectivity index (χ0v) is 30.3. The summed E-state index contributed by atoms with van der Waals surface area (Å²) in [6, 6.07) is 21.2. The van der Waals surface area contributed by atoms with Crippen LogP contribution in [0.4, 0.5) is 4.79 Å². The van der Waals surface area contributed by atoms with Crippen molar-refractivity contribution in [2.75, 3.05) is 28.3 Å². The lowest BCUT2D eigenvalue weighted by atomic mass is 9.89. The highest BCUT2D eigenvalue weighted by molar-refractivity contribution is 7.21. The Balaban J connectivity index is 1.45. The largest absolute Gasteiger partial charge is 0.496 e. The van der Waals surface area contributed by atoms with Gasteiger partial charge in [-0.1, -0.05) is 48.0 Å². The number of hydrogen-bond acceptors (Lipinski definition) is 6. The van der Waals surface area contributed by atoms with Crippen molar-refractivity contribution in [1.29, 1.82) is 0 Å². The summed E-state index contributed by atoms with van der Waals surface area (Å²) in [5, 5.41) is 1.34. The molecule has 0 N–H and O–H groups in total. The maximum Gasteiger partial charge on any atom is 0.410 e. The van der Waals surface area contributed by atoms with E-state index in [0.717, 1.165) is 52.5 Å². The summed E-state index contributed by atoms with van der Waals surface area (Å²) >= 11 is 8.27. The maximum absolute atomic E-state index is 14.5. The minimum atomic E-state index is -0.575. The van der Waals surface area contributed by atoms with Gasteiger partial charge in [0.2, 0.25) is 0 Å². The van der Waals surface area contributed by atoms with Gasteiger partial charge in [0, 0.05) is 61.0 Å². The second-order valence-electron chi connectivity index (χ2n) is 13.5. The third kappa shape index (κ3) is 7.79. The minimum Gasteiger partial charge on any atom is -0.496 e. The zero-order valence-electron chi connectivity index (χ0n) is 28.7. The molecule has 1 heterocycles. The summed E-state index contributed by atoms with van der Waals surface area (Å²) in [4.78, 5) is 45.5. The van der Waals surface area contributed by atoms with Crippen LogP contribution >= 0.6 is 22.9 Å². The Kier molecular flexibility index (Phi) is 10.7. The molecule has 0 atom stereocenters. The van der Waals surface area contributed by atoms with E-state index in [1.165, 1.54) is 11.3 Å². The van der Waals surface area contributed by atoms with E-state index in [1.807, 2.05) is 86.3 Å². The number of thiophene rings is 1. The van der Waals surface area contributed by atoms with Gasteiger partial charge in [0.15, 0.2) is 0 Å². The van der Waals surface area contributed by atoms with Crippen LogP contribution in [-0.2, 0) is 11.3 Å². The van der Waals surface area contributed by atoms with Gasteiger partial charge in [-0.25, -0.2) is 4.79 Å². The molecule has 4 aromatic rings. The van der Waals surface area contributed by atoms with Gasteiger partial charge in [-0.3, -0.25) is 9.59 Å². The highest BCUT2D eigenvalue weighted by atomic mass is 35.5. The molecule has 1 aliphatic rings. The molecule has 0 unspecified atom stereocenters. The quantitative estimate of drug-likeness (QED) is 0.185. The number of benzene rings is 3. The number of hydrogen-bond donors (Lipinski definition) is 0. The van der Waals surface area contributed by atoms with Gasteiger partial charge in [-0.15, -0.1) is 11.3 Å². The number of nitrogens with zero attached hydrogens (tertiary/aromatic N) is 3. The molecule has 0 saturated heterocycles. The molecule has 3 aromatic carbocycles. The topological polar surface area (TPSA) is 79.4 Å². The Morgan fingerprint density at radius 1 is 0.854 bits per heavy atom. The van der Waals surface area contributed by atoms with Crippen LogP contribution in [-0.4, -0.2) is 78.5 Å². The molecule has 0 radical (unpaired) electrons. The number of halogens is 1. The number of amides is 3. The molecule has 254 valence electrons. The summed E-state index contributed by atoms with van der Waals surface area (Å²) in [6.07, 6.45) is 2.57. The smallest absolute Gasteiger partial charge is 0.410 e. The van der Waals surface area contributed by atoms with E-state index in [2.05, 4.69) is 6.07 Å². The van der Waals surface area contributed by atoms with Crippen molar-refractivity contribution < 1.29 is 23.9 Å². The van der Waals surface area contributed by atoms with Crippen molar-refractivity contribution in [3.05, 3.63) is 87.8 Å². The fraction of sp³-hybridized carbons (Fsp3) is 0.395. The number of ether oxygens (including phenoxy) is 2. The molecule has 5 rings (SSSR count). The molecule has 3 amide bonds. The van der Waals surface area contributed by atoms with Gasteiger partial charge in [0.25, 0.3) is 11.8 Å². The van der Waals surface area contributed by atoms with Gasteiger partial charge in [-0.05, 0) is 87.9 Å². The Labute approximate surface area is 292 Å². The molecular weight excluding hydrogens is 646 g/mol. The fourth-order valence-electron chi connectivity index (χ4n) is 6.22. The number of carbonyl (C=O) groups excluding carboxylic acids is 3. The molecule has 1 aliphatic carbocycles. The van der Waals surface area contributed by atoms with Crippen molar-refractivity contribution in [3.8, 4) is 16.9 Å². The molecule has 10 heteroatoms. The average Bonchev–Trinajstić information content (AvgIpc) is 3.41. The van der Waals surface area contributed by atoms with E-state index in [9.17, 15) is 14.4 Å².